The van der Waals surface area contributed by atoms with Crippen molar-refractivity contribution in [3.8, 4) is 5.88 Å². The van der Waals surface area contributed by atoms with Gasteiger partial charge in [0.05, 0.1) is 0 Å². The average molecular weight is 236 g/mol. The number of nitrogens with zero attached hydrogens (tertiary/aromatic N) is 2. The number of hydrogen-bond acceptors (Lipinski definition) is 5. The lowest BCUT2D eigenvalue weighted by atomic mass is 9.85. The zero-order valence-corrected chi connectivity index (χ0v) is 10.2. The first-order valence-corrected chi connectivity index (χ1v) is 6.28. The number of nitrogen functional groups attached to an aromatic ring is 1. The SMILES string of the molecule is CCC1CCCCC1Oc1cc(NN)ncn1. The summed E-state index contributed by atoms with van der Waals surface area (Å²) in [5.74, 6) is 7.15. The number of hydrazine groups is 1. The standard InChI is InChI=1S/C12H20N4O/c1-2-9-5-3-4-6-10(9)17-12-7-11(16-13)14-8-15-12/h7-10H,2-6,13H2,1H3,(H,14,15,16). The highest BCUT2D eigenvalue weighted by atomic mass is 16.5. The van der Waals surface area contributed by atoms with E-state index in [0.29, 0.717) is 17.6 Å². The Kier molecular flexibility index (Phi) is 4.14. The molecule has 5 heteroatoms. The molecule has 1 fully saturated rings. The van der Waals surface area contributed by atoms with Crippen LogP contribution >= 0.6 is 0 Å². The van der Waals surface area contributed by atoms with E-state index in [1.54, 1.807) is 6.07 Å². The maximum Gasteiger partial charge on any atom is 0.218 e. The third-order valence-corrected chi connectivity index (χ3v) is 3.43. The zero-order valence-electron chi connectivity index (χ0n) is 10.2. The predicted octanol–water partition coefficient (Wildman–Crippen LogP) is 2.11. The molecule has 0 spiro atoms. The highest BCUT2D eigenvalue weighted by Crippen LogP contribution is 2.30. The van der Waals surface area contributed by atoms with Gasteiger partial charge in [-0.15, -0.1) is 0 Å². The smallest absolute Gasteiger partial charge is 0.218 e. The van der Waals surface area contributed by atoms with Crippen molar-refractivity contribution in [3.63, 3.8) is 0 Å². The Balaban J connectivity index is 2.02. The molecule has 1 saturated carbocycles. The molecule has 0 aliphatic heterocycles. The molecule has 1 aliphatic carbocycles. The lowest BCUT2D eigenvalue weighted by Gasteiger charge is -2.30. The lowest BCUT2D eigenvalue weighted by Crippen LogP contribution is -2.30. The number of anilines is 1. The van der Waals surface area contributed by atoms with Gasteiger partial charge in [0, 0.05) is 6.07 Å². The molecule has 0 amide bonds. The Morgan fingerprint density at radius 1 is 1.41 bits per heavy atom. The summed E-state index contributed by atoms with van der Waals surface area (Å²) in [4.78, 5) is 8.08. The van der Waals surface area contributed by atoms with E-state index >= 15 is 0 Å². The van der Waals surface area contributed by atoms with Gasteiger partial charge in [-0.2, -0.15) is 0 Å². The third-order valence-electron chi connectivity index (χ3n) is 3.43. The fraction of sp³-hybridized carbons (Fsp3) is 0.667. The normalized spacial score (nSPS) is 24.4. The zero-order chi connectivity index (χ0) is 12.1. The maximum absolute atomic E-state index is 5.95. The molecule has 2 atom stereocenters. The summed E-state index contributed by atoms with van der Waals surface area (Å²) in [6.07, 6.45) is 7.86. The van der Waals surface area contributed by atoms with E-state index in [1.165, 1.54) is 25.6 Å². The minimum Gasteiger partial charge on any atom is -0.474 e. The van der Waals surface area contributed by atoms with Crippen LogP contribution in [0.1, 0.15) is 39.0 Å². The summed E-state index contributed by atoms with van der Waals surface area (Å²) >= 11 is 0. The van der Waals surface area contributed by atoms with Crippen molar-refractivity contribution in [1.29, 1.82) is 0 Å². The van der Waals surface area contributed by atoms with Gasteiger partial charge in [0.15, 0.2) is 0 Å². The minimum atomic E-state index is 0.286. The summed E-state index contributed by atoms with van der Waals surface area (Å²) in [5, 5.41) is 0. The molecule has 3 N–H and O–H groups in total. The number of hydrogen-bond donors (Lipinski definition) is 2. The fourth-order valence-corrected chi connectivity index (χ4v) is 2.43. The number of ether oxygens (including phenoxy) is 1. The van der Waals surface area contributed by atoms with Gasteiger partial charge in [-0.25, -0.2) is 15.8 Å². The molecular weight excluding hydrogens is 216 g/mol. The molecular formula is C12H20N4O. The Hall–Kier alpha value is -1.36. The Morgan fingerprint density at radius 3 is 3.00 bits per heavy atom. The molecule has 1 aromatic rings. The molecule has 2 unspecified atom stereocenters. The second kappa shape index (κ2) is 5.82. The van der Waals surface area contributed by atoms with Crippen LogP contribution in [0.25, 0.3) is 0 Å². The van der Waals surface area contributed by atoms with Crippen LogP contribution in [0.15, 0.2) is 12.4 Å². The number of rotatable bonds is 4. The number of aromatic nitrogens is 2. The Labute approximate surface area is 102 Å². The van der Waals surface area contributed by atoms with Gasteiger partial charge < -0.3 is 10.2 Å². The van der Waals surface area contributed by atoms with E-state index < -0.39 is 0 Å². The number of nitrogens with two attached hydrogens (primary N) is 1. The van der Waals surface area contributed by atoms with Crippen LogP contribution in [0, 0.1) is 5.92 Å². The van der Waals surface area contributed by atoms with E-state index in [1.807, 2.05) is 0 Å². The molecule has 17 heavy (non-hydrogen) atoms. The van der Waals surface area contributed by atoms with Crippen molar-refractivity contribution < 1.29 is 4.74 Å². The largest absolute Gasteiger partial charge is 0.474 e. The topological polar surface area (TPSA) is 73.1 Å². The maximum atomic E-state index is 5.95. The van der Waals surface area contributed by atoms with Gasteiger partial charge in [-0.3, -0.25) is 0 Å². The third kappa shape index (κ3) is 3.06. The van der Waals surface area contributed by atoms with E-state index in [2.05, 4.69) is 22.3 Å². The first kappa shape index (κ1) is 12.1. The van der Waals surface area contributed by atoms with Crippen molar-refractivity contribution in [3.05, 3.63) is 12.4 Å². The van der Waals surface area contributed by atoms with Crippen molar-refractivity contribution in [1.82, 2.24) is 9.97 Å². The molecule has 5 nitrogen and oxygen atoms in total. The molecule has 1 heterocycles. The van der Waals surface area contributed by atoms with E-state index in [4.69, 9.17) is 10.6 Å². The van der Waals surface area contributed by atoms with Crippen LogP contribution in [-0.2, 0) is 0 Å². The molecule has 0 radical (unpaired) electrons. The van der Waals surface area contributed by atoms with Crippen LogP contribution in [0.2, 0.25) is 0 Å². The second-order valence-electron chi connectivity index (χ2n) is 4.49. The van der Waals surface area contributed by atoms with Crippen LogP contribution in [-0.4, -0.2) is 16.1 Å². The molecule has 94 valence electrons. The van der Waals surface area contributed by atoms with Crippen molar-refractivity contribution in [2.45, 2.75) is 45.1 Å². The predicted molar refractivity (Wildman–Crippen MR) is 66.5 cm³/mol. The van der Waals surface area contributed by atoms with Crippen molar-refractivity contribution in [2.24, 2.45) is 11.8 Å². The monoisotopic (exact) mass is 236 g/mol. The first-order valence-electron chi connectivity index (χ1n) is 6.28. The minimum absolute atomic E-state index is 0.286. The molecule has 0 aromatic carbocycles. The van der Waals surface area contributed by atoms with Crippen LogP contribution in [0.3, 0.4) is 0 Å². The average Bonchev–Trinajstić information content (AvgIpc) is 2.39. The van der Waals surface area contributed by atoms with Gasteiger partial charge >= 0.3 is 0 Å². The fourth-order valence-electron chi connectivity index (χ4n) is 2.43. The van der Waals surface area contributed by atoms with E-state index in [0.717, 1.165) is 12.8 Å². The quantitative estimate of drug-likeness (QED) is 0.618. The van der Waals surface area contributed by atoms with Crippen LogP contribution in [0.4, 0.5) is 5.82 Å². The first-order chi connectivity index (χ1) is 8.33. The van der Waals surface area contributed by atoms with Gasteiger partial charge in [-0.05, 0) is 31.6 Å². The van der Waals surface area contributed by atoms with Gasteiger partial charge in [0.2, 0.25) is 5.88 Å². The molecule has 1 aromatic heterocycles. The van der Waals surface area contributed by atoms with Crippen molar-refractivity contribution in [2.75, 3.05) is 5.43 Å². The Bertz CT molecular complexity index is 358. The summed E-state index contributed by atoms with van der Waals surface area (Å²) in [5.41, 5.74) is 2.50. The molecule has 2 rings (SSSR count). The van der Waals surface area contributed by atoms with Crippen molar-refractivity contribution >= 4 is 5.82 Å². The highest BCUT2D eigenvalue weighted by Gasteiger charge is 2.25. The lowest BCUT2D eigenvalue weighted by molar-refractivity contribution is 0.0858. The highest BCUT2D eigenvalue weighted by molar-refractivity contribution is 5.35. The van der Waals surface area contributed by atoms with E-state index in [-0.39, 0.29) is 6.10 Å². The summed E-state index contributed by atoms with van der Waals surface area (Å²) in [6, 6.07) is 1.74. The van der Waals surface area contributed by atoms with Gasteiger partial charge in [0.1, 0.15) is 18.2 Å². The van der Waals surface area contributed by atoms with Gasteiger partial charge in [0.25, 0.3) is 0 Å². The molecule has 1 aliphatic rings. The summed E-state index contributed by atoms with van der Waals surface area (Å²) in [7, 11) is 0. The van der Waals surface area contributed by atoms with Gasteiger partial charge in [-0.1, -0.05) is 13.3 Å². The summed E-state index contributed by atoms with van der Waals surface area (Å²) < 4.78 is 5.95. The Morgan fingerprint density at radius 2 is 2.24 bits per heavy atom. The second-order valence-corrected chi connectivity index (χ2v) is 4.49. The summed E-state index contributed by atoms with van der Waals surface area (Å²) in [6.45, 7) is 2.22. The van der Waals surface area contributed by atoms with E-state index in [9.17, 15) is 0 Å². The molecule has 0 bridgehead atoms. The number of nitrogens with one attached hydrogen (secondary N) is 1. The van der Waals surface area contributed by atoms with Crippen LogP contribution in [0.5, 0.6) is 5.88 Å². The molecule has 0 saturated heterocycles. The van der Waals surface area contributed by atoms with Crippen LogP contribution < -0.4 is 16.0 Å².